The summed E-state index contributed by atoms with van der Waals surface area (Å²) < 4.78 is 67.2. The maximum atomic E-state index is 12.3. The van der Waals surface area contributed by atoms with Crippen LogP contribution in [0.5, 0.6) is 5.75 Å². The number of aromatic hydroxyl groups is 1. The summed E-state index contributed by atoms with van der Waals surface area (Å²) >= 11 is 5.80. The summed E-state index contributed by atoms with van der Waals surface area (Å²) in [5, 5.41) is 29.5. The fraction of sp³-hybridized carbons (Fsp3) is 0. The van der Waals surface area contributed by atoms with Gasteiger partial charge in [0.05, 0.1) is 16.8 Å². The lowest BCUT2D eigenvalue weighted by atomic mass is 10.1. The fourth-order valence-corrected chi connectivity index (χ4v) is 5.45. The summed E-state index contributed by atoms with van der Waals surface area (Å²) in [7, 11) is -9.55. The van der Waals surface area contributed by atoms with Gasteiger partial charge in [0.2, 0.25) is 17.2 Å². The Morgan fingerprint density at radius 2 is 1.47 bits per heavy atom. The van der Waals surface area contributed by atoms with Gasteiger partial charge in [-0.3, -0.25) is 9.11 Å². The van der Waals surface area contributed by atoms with Gasteiger partial charge in [0.15, 0.2) is 5.75 Å². The molecule has 0 unspecified atom stereocenters. The van der Waals surface area contributed by atoms with Crippen LogP contribution in [0.1, 0.15) is 0 Å². The van der Waals surface area contributed by atoms with Gasteiger partial charge < -0.3 is 21.9 Å². The van der Waals surface area contributed by atoms with Gasteiger partial charge in [0, 0.05) is 5.69 Å². The van der Waals surface area contributed by atoms with Gasteiger partial charge in [-0.05, 0) is 59.5 Å². The van der Waals surface area contributed by atoms with E-state index in [0.29, 0.717) is 5.69 Å². The van der Waals surface area contributed by atoms with Crippen molar-refractivity contribution in [2.24, 2.45) is 20.5 Å². The van der Waals surface area contributed by atoms with E-state index >= 15 is 0 Å². The molecule has 0 saturated heterocycles. The third kappa shape index (κ3) is 6.92. The molecule has 0 fully saturated rings. The maximum absolute atomic E-state index is 12.3. The first-order valence-corrected chi connectivity index (χ1v) is 15.5. The number of halogens is 1. The zero-order valence-electron chi connectivity index (χ0n) is 22.3. The van der Waals surface area contributed by atoms with Crippen LogP contribution in [-0.4, -0.2) is 46.0 Å². The van der Waals surface area contributed by atoms with Crippen molar-refractivity contribution in [1.82, 2.24) is 15.0 Å². The molecule has 0 aliphatic carbocycles. The van der Waals surface area contributed by atoms with E-state index in [1.54, 1.807) is 12.1 Å². The number of hydrogen-bond donors (Lipinski definition) is 6. The zero-order valence-corrected chi connectivity index (χ0v) is 24.7. The van der Waals surface area contributed by atoms with Gasteiger partial charge in [-0.15, -0.1) is 15.3 Å². The minimum Gasteiger partial charge on any atom is -0.505 e. The van der Waals surface area contributed by atoms with Crippen molar-refractivity contribution in [2.75, 3.05) is 16.8 Å². The molecule has 20 heteroatoms. The first-order chi connectivity index (χ1) is 21.2. The molecule has 1 heterocycles. The van der Waals surface area contributed by atoms with Crippen molar-refractivity contribution in [3.63, 3.8) is 0 Å². The van der Waals surface area contributed by atoms with Gasteiger partial charge in [-0.25, -0.2) is 0 Å². The standard InChI is InChI=1S/C25H19ClN10O7S2/c26-23-30-24(28)32-25(31-23)29-13-4-3-5-14(11-13)33-36-21-18(45(41,42)43)10-12-8-9-16(20(27)19(12)22(21)37)35-34-15-6-1-2-7-17(15)44(38,39)40/h1-11,37H,27H2,(H,38,39,40)(H,41,42,43)(H3,28,29,30,31,32). The van der Waals surface area contributed by atoms with Crippen LogP contribution >= 0.6 is 11.6 Å². The molecular weight excluding hydrogens is 652 g/mol. The molecule has 0 aliphatic rings. The molecule has 0 atom stereocenters. The Kier molecular flexibility index (Phi) is 8.28. The predicted molar refractivity (Wildman–Crippen MR) is 163 cm³/mol. The molecular formula is C25H19ClN10O7S2. The Labute approximate surface area is 258 Å². The van der Waals surface area contributed by atoms with Crippen LogP contribution in [0.4, 0.5) is 46.0 Å². The minimum absolute atomic E-state index is 0.0346. The number of phenols is 1. The summed E-state index contributed by atoms with van der Waals surface area (Å²) in [4.78, 5) is 10.2. The topological polar surface area (TPSA) is 281 Å². The molecule has 17 nitrogen and oxygen atoms in total. The summed E-state index contributed by atoms with van der Waals surface area (Å²) in [5.41, 5.74) is 11.3. The number of rotatable bonds is 8. The Bertz CT molecular complexity index is 2250. The Morgan fingerprint density at radius 3 is 2.18 bits per heavy atom. The second-order valence-corrected chi connectivity index (χ2v) is 12.1. The molecule has 0 spiro atoms. The number of aromatic nitrogens is 3. The lowest BCUT2D eigenvalue weighted by Crippen LogP contribution is -2.03. The maximum Gasteiger partial charge on any atom is 0.296 e. The number of nitrogens with one attached hydrogen (secondary N) is 1. The van der Waals surface area contributed by atoms with Crippen LogP contribution in [0.2, 0.25) is 5.28 Å². The molecule has 5 rings (SSSR count). The van der Waals surface area contributed by atoms with E-state index in [2.05, 4.69) is 40.7 Å². The van der Waals surface area contributed by atoms with Crippen molar-refractivity contribution < 1.29 is 31.0 Å². The molecule has 0 amide bonds. The monoisotopic (exact) mass is 670 g/mol. The molecule has 0 radical (unpaired) electrons. The molecule has 8 N–H and O–H groups in total. The first-order valence-electron chi connectivity index (χ1n) is 12.2. The smallest absolute Gasteiger partial charge is 0.296 e. The molecule has 0 aliphatic heterocycles. The summed E-state index contributed by atoms with van der Waals surface area (Å²) in [6, 6.07) is 15.1. The van der Waals surface area contributed by atoms with Crippen molar-refractivity contribution in [3.8, 4) is 5.75 Å². The molecule has 0 saturated carbocycles. The van der Waals surface area contributed by atoms with Gasteiger partial charge in [0.1, 0.15) is 26.9 Å². The second-order valence-electron chi connectivity index (χ2n) is 8.95. The number of azo groups is 2. The van der Waals surface area contributed by atoms with Crippen LogP contribution in [-0.2, 0) is 20.2 Å². The summed E-state index contributed by atoms with van der Waals surface area (Å²) in [6.07, 6.45) is 0. The number of nitrogens with zero attached hydrogens (tertiary/aromatic N) is 7. The van der Waals surface area contributed by atoms with E-state index in [1.165, 1.54) is 42.5 Å². The number of nitrogen functional groups attached to an aromatic ring is 2. The molecule has 1 aromatic heterocycles. The third-order valence-corrected chi connectivity index (χ3v) is 7.85. The van der Waals surface area contributed by atoms with Crippen molar-refractivity contribution in [2.45, 2.75) is 9.79 Å². The average molecular weight is 671 g/mol. The normalized spacial score (nSPS) is 12.3. The fourth-order valence-electron chi connectivity index (χ4n) is 4.00. The van der Waals surface area contributed by atoms with Crippen molar-refractivity contribution in [3.05, 3.63) is 72.0 Å². The van der Waals surface area contributed by atoms with Crippen molar-refractivity contribution >= 4 is 88.6 Å². The van der Waals surface area contributed by atoms with Crippen LogP contribution in [0.25, 0.3) is 10.8 Å². The predicted octanol–water partition coefficient (Wildman–Crippen LogP) is 5.62. The molecule has 4 aromatic carbocycles. The number of phenolic OH excluding ortho intramolecular Hbond substituents is 1. The Balaban J connectivity index is 1.56. The quantitative estimate of drug-likeness (QED) is 0.0665. The third-order valence-electron chi connectivity index (χ3n) is 5.92. The number of fused-ring (bicyclic) bond motifs is 1. The van der Waals surface area contributed by atoms with Crippen LogP contribution in [0.3, 0.4) is 0 Å². The van der Waals surface area contributed by atoms with E-state index in [0.717, 1.165) is 12.1 Å². The minimum atomic E-state index is -4.93. The Morgan fingerprint density at radius 1 is 0.756 bits per heavy atom. The number of hydrogen-bond acceptors (Lipinski definition) is 15. The lowest BCUT2D eigenvalue weighted by molar-refractivity contribution is 0.472. The number of anilines is 4. The molecule has 45 heavy (non-hydrogen) atoms. The highest BCUT2D eigenvalue weighted by Crippen LogP contribution is 2.46. The summed E-state index contributed by atoms with van der Waals surface area (Å²) in [6.45, 7) is 0. The van der Waals surface area contributed by atoms with E-state index in [1.807, 2.05) is 0 Å². The van der Waals surface area contributed by atoms with Crippen LogP contribution in [0.15, 0.2) is 97.0 Å². The highest BCUT2D eigenvalue weighted by atomic mass is 35.5. The number of nitrogens with two attached hydrogens (primary N) is 2. The first kappa shape index (κ1) is 31.1. The number of benzene rings is 4. The van der Waals surface area contributed by atoms with E-state index in [4.69, 9.17) is 23.1 Å². The highest BCUT2D eigenvalue weighted by Gasteiger charge is 2.24. The SMILES string of the molecule is Nc1nc(Cl)nc(Nc2cccc(N=Nc3c(S(=O)(=O)O)cc4ccc(N=Nc5ccccc5S(=O)(=O)O)c(N)c4c3O)c2)n1. The van der Waals surface area contributed by atoms with Gasteiger partial charge in [-0.2, -0.15) is 36.9 Å². The van der Waals surface area contributed by atoms with E-state index in [-0.39, 0.29) is 50.7 Å². The average Bonchev–Trinajstić information content (AvgIpc) is 2.95. The molecule has 230 valence electrons. The van der Waals surface area contributed by atoms with Crippen LogP contribution < -0.4 is 16.8 Å². The van der Waals surface area contributed by atoms with E-state index < -0.39 is 41.5 Å². The Hall–Kier alpha value is -5.34. The van der Waals surface area contributed by atoms with Gasteiger partial charge >= 0.3 is 0 Å². The second kappa shape index (κ2) is 12.0. The zero-order chi connectivity index (χ0) is 32.5. The van der Waals surface area contributed by atoms with Crippen molar-refractivity contribution in [1.29, 1.82) is 0 Å². The van der Waals surface area contributed by atoms with Gasteiger partial charge in [-0.1, -0.05) is 24.3 Å². The van der Waals surface area contributed by atoms with Gasteiger partial charge in [0.25, 0.3) is 20.2 Å². The largest absolute Gasteiger partial charge is 0.505 e. The summed E-state index contributed by atoms with van der Waals surface area (Å²) in [5.74, 6) is -0.849. The van der Waals surface area contributed by atoms with E-state index in [9.17, 15) is 31.0 Å². The van der Waals surface area contributed by atoms with Crippen LogP contribution in [0, 0.1) is 0 Å². The molecule has 0 bridgehead atoms. The lowest BCUT2D eigenvalue weighted by Gasteiger charge is -2.12. The molecule has 5 aromatic rings. The highest BCUT2D eigenvalue weighted by molar-refractivity contribution is 7.86.